The normalized spacial score (nSPS) is 11.6. The molecule has 0 spiro atoms. The van der Waals surface area contributed by atoms with E-state index in [1.54, 1.807) is 32.9 Å². The first-order valence-electron chi connectivity index (χ1n) is 9.79. The number of carbonyl (C=O) groups is 4. The average molecular weight is 437 g/mol. The molecule has 0 aliphatic carbocycles. The van der Waals surface area contributed by atoms with Gasteiger partial charge in [-0.25, -0.2) is 14.4 Å². The Morgan fingerprint density at radius 3 is 2.26 bits per heavy atom. The Kier molecular flexibility index (Phi) is 10.3. The van der Waals surface area contributed by atoms with E-state index in [2.05, 4.69) is 10.6 Å². The van der Waals surface area contributed by atoms with Gasteiger partial charge in [0.25, 0.3) is 0 Å². The maximum Gasteiger partial charge on any atom is 0.408 e. The van der Waals surface area contributed by atoms with Crippen LogP contribution >= 0.6 is 0 Å². The van der Waals surface area contributed by atoms with Crippen LogP contribution in [0.2, 0.25) is 0 Å². The number of hydrogen-bond acceptors (Lipinski definition) is 7. The molecule has 0 saturated carbocycles. The van der Waals surface area contributed by atoms with Gasteiger partial charge in [-0.2, -0.15) is 0 Å². The number of benzene rings is 1. The second-order valence-corrected chi connectivity index (χ2v) is 7.68. The van der Waals surface area contributed by atoms with Crippen LogP contribution in [0.25, 0.3) is 0 Å². The van der Waals surface area contributed by atoms with Crippen molar-refractivity contribution in [2.45, 2.75) is 45.9 Å². The molecule has 1 rings (SSSR count). The van der Waals surface area contributed by atoms with Gasteiger partial charge in [0, 0.05) is 20.0 Å². The molecule has 0 radical (unpaired) electrons. The van der Waals surface area contributed by atoms with Gasteiger partial charge in [0.2, 0.25) is 5.91 Å². The highest BCUT2D eigenvalue weighted by Crippen LogP contribution is 2.06. The fourth-order valence-electron chi connectivity index (χ4n) is 2.43. The molecule has 3 amide bonds. The molecular formula is C21H31N3O7. The molecule has 0 aromatic heterocycles. The summed E-state index contributed by atoms with van der Waals surface area (Å²) in [6.07, 6.45) is -1.45. The Bertz CT molecular complexity index is 747. The van der Waals surface area contributed by atoms with E-state index in [0.29, 0.717) is 0 Å². The lowest BCUT2D eigenvalue weighted by atomic mass is 10.2. The maximum atomic E-state index is 12.1. The summed E-state index contributed by atoms with van der Waals surface area (Å²) in [6, 6.07) is 7.90. The second-order valence-electron chi connectivity index (χ2n) is 7.68. The van der Waals surface area contributed by atoms with E-state index in [1.807, 2.05) is 18.2 Å². The molecule has 1 aromatic rings. The molecule has 1 aromatic carbocycles. The first-order chi connectivity index (χ1) is 14.5. The number of esters is 1. The standard InChI is InChI=1S/C21H31N3O7/c1-15(25)24(12-11-22-19(27)31-21(2,3)4)13-17(18(26)29-5)23-20(28)30-14-16-9-7-6-8-10-16/h6-10,17H,11-14H2,1-5H3,(H,22,27)(H,23,28)/t17-/m0/s1. The predicted molar refractivity (Wildman–Crippen MR) is 112 cm³/mol. The van der Waals surface area contributed by atoms with Crippen LogP contribution < -0.4 is 10.6 Å². The fourth-order valence-corrected chi connectivity index (χ4v) is 2.43. The molecule has 0 bridgehead atoms. The van der Waals surface area contributed by atoms with E-state index in [9.17, 15) is 19.2 Å². The largest absolute Gasteiger partial charge is 0.467 e. The Hall–Kier alpha value is -3.30. The molecule has 0 unspecified atom stereocenters. The van der Waals surface area contributed by atoms with Crippen LogP contribution in [0.1, 0.15) is 33.3 Å². The van der Waals surface area contributed by atoms with Gasteiger partial charge < -0.3 is 29.7 Å². The highest BCUT2D eigenvalue weighted by Gasteiger charge is 2.26. The molecular weight excluding hydrogens is 406 g/mol. The van der Waals surface area contributed by atoms with Crippen molar-refractivity contribution >= 4 is 24.1 Å². The number of nitrogens with one attached hydrogen (secondary N) is 2. The molecule has 0 aliphatic heterocycles. The van der Waals surface area contributed by atoms with Crippen molar-refractivity contribution in [3.05, 3.63) is 35.9 Å². The number of alkyl carbamates (subject to hydrolysis) is 2. The zero-order valence-corrected chi connectivity index (χ0v) is 18.6. The summed E-state index contributed by atoms with van der Waals surface area (Å²) < 4.78 is 15.0. The van der Waals surface area contributed by atoms with Gasteiger partial charge in [0.1, 0.15) is 18.2 Å². The van der Waals surface area contributed by atoms with Crippen LogP contribution in [0.15, 0.2) is 30.3 Å². The minimum atomic E-state index is -1.14. The van der Waals surface area contributed by atoms with Crippen LogP contribution in [-0.4, -0.2) is 67.3 Å². The van der Waals surface area contributed by atoms with Gasteiger partial charge >= 0.3 is 18.2 Å². The molecule has 1 atom stereocenters. The molecule has 0 heterocycles. The molecule has 10 nitrogen and oxygen atoms in total. The number of nitrogens with zero attached hydrogens (tertiary/aromatic N) is 1. The third-order valence-corrected chi connectivity index (χ3v) is 3.89. The minimum absolute atomic E-state index is 0.0246. The van der Waals surface area contributed by atoms with Gasteiger partial charge in [-0.05, 0) is 26.3 Å². The lowest BCUT2D eigenvalue weighted by Gasteiger charge is -2.26. The molecule has 10 heteroatoms. The first-order valence-corrected chi connectivity index (χ1v) is 9.79. The van der Waals surface area contributed by atoms with Crippen molar-refractivity contribution in [3.8, 4) is 0 Å². The summed E-state index contributed by atoms with van der Waals surface area (Å²) in [5, 5.41) is 4.95. The van der Waals surface area contributed by atoms with E-state index >= 15 is 0 Å². The Morgan fingerprint density at radius 2 is 1.71 bits per heavy atom. The quantitative estimate of drug-likeness (QED) is 0.446. The summed E-state index contributed by atoms with van der Waals surface area (Å²) in [7, 11) is 1.18. The Balaban J connectivity index is 2.62. The second kappa shape index (κ2) is 12.4. The van der Waals surface area contributed by atoms with Gasteiger partial charge in [-0.3, -0.25) is 4.79 Å². The summed E-state index contributed by atoms with van der Waals surface area (Å²) in [5.74, 6) is -1.08. The lowest BCUT2D eigenvalue weighted by molar-refractivity contribution is -0.144. The van der Waals surface area contributed by atoms with E-state index < -0.39 is 29.8 Å². The highest BCUT2D eigenvalue weighted by molar-refractivity contribution is 5.82. The fraction of sp³-hybridized carbons (Fsp3) is 0.524. The number of rotatable bonds is 9. The predicted octanol–water partition coefficient (Wildman–Crippen LogP) is 1.83. The van der Waals surface area contributed by atoms with Crippen LogP contribution in [0.5, 0.6) is 0 Å². The van der Waals surface area contributed by atoms with E-state index in [4.69, 9.17) is 14.2 Å². The van der Waals surface area contributed by atoms with Crippen molar-refractivity contribution in [2.75, 3.05) is 26.7 Å². The van der Waals surface area contributed by atoms with Gasteiger partial charge in [-0.15, -0.1) is 0 Å². The van der Waals surface area contributed by atoms with Crippen molar-refractivity contribution in [1.29, 1.82) is 0 Å². The number of ether oxygens (including phenoxy) is 3. The van der Waals surface area contributed by atoms with E-state index in [-0.39, 0.29) is 32.1 Å². The monoisotopic (exact) mass is 437 g/mol. The molecule has 0 fully saturated rings. The van der Waals surface area contributed by atoms with Crippen LogP contribution in [0.4, 0.5) is 9.59 Å². The van der Waals surface area contributed by atoms with Gasteiger partial charge in [-0.1, -0.05) is 30.3 Å². The average Bonchev–Trinajstić information content (AvgIpc) is 2.69. The zero-order chi connectivity index (χ0) is 23.4. The van der Waals surface area contributed by atoms with E-state index in [0.717, 1.165) is 5.56 Å². The maximum absolute atomic E-state index is 12.1. The Labute approximate surface area is 182 Å². The first kappa shape index (κ1) is 25.7. The zero-order valence-electron chi connectivity index (χ0n) is 18.6. The number of carbonyl (C=O) groups excluding carboxylic acids is 4. The SMILES string of the molecule is COC(=O)[C@H](CN(CCNC(=O)OC(C)(C)C)C(C)=O)NC(=O)OCc1ccccc1. The van der Waals surface area contributed by atoms with Crippen LogP contribution in [-0.2, 0) is 30.4 Å². The molecule has 31 heavy (non-hydrogen) atoms. The van der Waals surface area contributed by atoms with Gasteiger partial charge in [0.05, 0.1) is 13.7 Å². The topological polar surface area (TPSA) is 123 Å². The van der Waals surface area contributed by atoms with Crippen LogP contribution in [0, 0.1) is 0 Å². The van der Waals surface area contributed by atoms with Crippen molar-refractivity contribution < 1.29 is 33.4 Å². The van der Waals surface area contributed by atoms with Crippen LogP contribution in [0.3, 0.4) is 0 Å². The van der Waals surface area contributed by atoms with Crippen molar-refractivity contribution in [1.82, 2.24) is 15.5 Å². The molecule has 172 valence electrons. The molecule has 2 N–H and O–H groups in total. The minimum Gasteiger partial charge on any atom is -0.467 e. The number of hydrogen-bond donors (Lipinski definition) is 2. The third-order valence-electron chi connectivity index (χ3n) is 3.89. The number of amides is 3. The lowest BCUT2D eigenvalue weighted by Crippen LogP contribution is -2.51. The molecule has 0 saturated heterocycles. The highest BCUT2D eigenvalue weighted by atomic mass is 16.6. The smallest absolute Gasteiger partial charge is 0.408 e. The van der Waals surface area contributed by atoms with Gasteiger partial charge in [0.15, 0.2) is 0 Å². The number of methoxy groups -OCH3 is 1. The van der Waals surface area contributed by atoms with Crippen molar-refractivity contribution in [2.24, 2.45) is 0 Å². The summed E-state index contributed by atoms with van der Waals surface area (Å²) >= 11 is 0. The third kappa shape index (κ3) is 10.9. The summed E-state index contributed by atoms with van der Waals surface area (Å²) in [4.78, 5) is 49.2. The summed E-state index contributed by atoms with van der Waals surface area (Å²) in [5.41, 5.74) is 0.135. The van der Waals surface area contributed by atoms with Crippen molar-refractivity contribution in [3.63, 3.8) is 0 Å². The van der Waals surface area contributed by atoms with E-state index in [1.165, 1.54) is 18.9 Å². The Morgan fingerprint density at radius 1 is 1.06 bits per heavy atom. The molecule has 0 aliphatic rings. The summed E-state index contributed by atoms with van der Waals surface area (Å²) in [6.45, 7) is 6.59.